The monoisotopic (exact) mass is 278 g/mol. The van der Waals surface area contributed by atoms with E-state index < -0.39 is 0 Å². The molecule has 2 rings (SSSR count). The van der Waals surface area contributed by atoms with Crippen molar-refractivity contribution in [2.24, 2.45) is 5.84 Å². The van der Waals surface area contributed by atoms with Crippen molar-refractivity contribution in [2.45, 2.75) is 57.7 Å². The van der Waals surface area contributed by atoms with Crippen molar-refractivity contribution in [3.63, 3.8) is 0 Å². The van der Waals surface area contributed by atoms with Gasteiger partial charge < -0.3 is 10.5 Å². The number of hydrogen-bond acceptors (Lipinski definition) is 5. The summed E-state index contributed by atoms with van der Waals surface area (Å²) >= 11 is 0. The zero-order valence-electron chi connectivity index (χ0n) is 12.3. The summed E-state index contributed by atoms with van der Waals surface area (Å²) < 4.78 is 0. The van der Waals surface area contributed by atoms with Crippen LogP contribution in [0.3, 0.4) is 0 Å². The summed E-state index contributed by atoms with van der Waals surface area (Å²) in [6.07, 6.45) is 7.48. The second-order valence-corrected chi connectivity index (χ2v) is 5.75. The van der Waals surface area contributed by atoms with Crippen LogP contribution < -0.4 is 11.3 Å². The highest BCUT2D eigenvalue weighted by molar-refractivity contribution is 5.33. The van der Waals surface area contributed by atoms with Crippen LogP contribution in [-0.2, 0) is 6.54 Å². The number of nitrogens with zero attached hydrogens (tertiary/aromatic N) is 2. The van der Waals surface area contributed by atoms with Crippen molar-refractivity contribution >= 4 is 5.82 Å². The summed E-state index contributed by atoms with van der Waals surface area (Å²) in [7, 11) is 0. The molecule has 1 aliphatic heterocycles. The molecule has 5 nitrogen and oxygen atoms in total. The second kappa shape index (κ2) is 7.57. The lowest BCUT2D eigenvalue weighted by molar-refractivity contribution is 0.108. The van der Waals surface area contributed by atoms with Crippen molar-refractivity contribution < 1.29 is 5.11 Å². The number of nitrogens with one attached hydrogen (secondary N) is 1. The number of hydrogen-bond donors (Lipinski definition) is 3. The Balaban J connectivity index is 2.01. The second-order valence-electron chi connectivity index (χ2n) is 5.75. The zero-order valence-corrected chi connectivity index (χ0v) is 12.3. The Morgan fingerprint density at radius 2 is 2.30 bits per heavy atom. The highest BCUT2D eigenvalue weighted by Gasteiger charge is 2.22. The third-order valence-corrected chi connectivity index (χ3v) is 3.97. The summed E-state index contributed by atoms with van der Waals surface area (Å²) in [4.78, 5) is 6.75. The van der Waals surface area contributed by atoms with Gasteiger partial charge in [0.15, 0.2) is 0 Å². The van der Waals surface area contributed by atoms with Gasteiger partial charge in [-0.1, -0.05) is 18.9 Å². The van der Waals surface area contributed by atoms with Crippen LogP contribution in [0.15, 0.2) is 18.3 Å². The highest BCUT2D eigenvalue weighted by Crippen LogP contribution is 2.22. The van der Waals surface area contributed by atoms with Gasteiger partial charge >= 0.3 is 0 Å². The van der Waals surface area contributed by atoms with Gasteiger partial charge in [-0.25, -0.2) is 10.8 Å². The topological polar surface area (TPSA) is 74.4 Å². The maximum Gasteiger partial charge on any atom is 0.139 e. The van der Waals surface area contributed by atoms with Crippen molar-refractivity contribution in [1.29, 1.82) is 0 Å². The first-order valence-corrected chi connectivity index (χ1v) is 7.52. The molecule has 0 spiro atoms. The quantitative estimate of drug-likeness (QED) is 0.566. The number of hydrazine groups is 1. The maximum atomic E-state index is 9.69. The van der Waals surface area contributed by atoms with Gasteiger partial charge in [-0.15, -0.1) is 0 Å². The number of anilines is 1. The van der Waals surface area contributed by atoms with Crippen LogP contribution in [0.5, 0.6) is 0 Å². The number of nitrogen functional groups attached to an aromatic ring is 1. The fourth-order valence-corrected chi connectivity index (χ4v) is 2.94. The molecule has 2 heterocycles. The number of likely N-dealkylation sites (tertiary alicyclic amines) is 1. The molecule has 2 unspecified atom stereocenters. The highest BCUT2D eigenvalue weighted by atomic mass is 16.3. The fraction of sp³-hybridized carbons (Fsp3) is 0.667. The Morgan fingerprint density at radius 3 is 2.95 bits per heavy atom. The summed E-state index contributed by atoms with van der Waals surface area (Å²) in [5.41, 5.74) is 3.74. The summed E-state index contributed by atoms with van der Waals surface area (Å²) in [6.45, 7) is 3.88. The van der Waals surface area contributed by atoms with Gasteiger partial charge in [-0.3, -0.25) is 4.90 Å². The number of pyridine rings is 1. The van der Waals surface area contributed by atoms with E-state index >= 15 is 0 Å². The Kier molecular flexibility index (Phi) is 5.76. The van der Waals surface area contributed by atoms with Gasteiger partial charge in [0.1, 0.15) is 5.82 Å². The minimum absolute atomic E-state index is 0.234. The molecule has 0 amide bonds. The van der Waals surface area contributed by atoms with Crippen molar-refractivity contribution in [2.75, 3.05) is 12.0 Å². The third kappa shape index (κ3) is 4.44. The standard InChI is InChI=1S/C15H26N4O/c1-12(20)9-14-5-3-2-4-8-19(14)11-13-6-7-15(18-16)17-10-13/h6-7,10,12,14,20H,2-5,8-9,11,16H2,1H3,(H,17,18). The number of nitrogens with two attached hydrogens (primary N) is 1. The SMILES string of the molecule is CC(O)CC1CCCCCN1Cc1ccc(NN)nc1. The van der Waals surface area contributed by atoms with Crippen LogP contribution >= 0.6 is 0 Å². The molecule has 1 aromatic heterocycles. The first kappa shape index (κ1) is 15.2. The van der Waals surface area contributed by atoms with Gasteiger partial charge in [0.05, 0.1) is 6.10 Å². The van der Waals surface area contributed by atoms with Crippen molar-refractivity contribution in [1.82, 2.24) is 9.88 Å². The van der Waals surface area contributed by atoms with Crippen LogP contribution in [0.2, 0.25) is 0 Å². The maximum absolute atomic E-state index is 9.69. The smallest absolute Gasteiger partial charge is 0.139 e. The van der Waals surface area contributed by atoms with E-state index in [0.29, 0.717) is 11.9 Å². The minimum Gasteiger partial charge on any atom is -0.393 e. The largest absolute Gasteiger partial charge is 0.393 e. The minimum atomic E-state index is -0.234. The average Bonchev–Trinajstić information content (AvgIpc) is 2.65. The van der Waals surface area contributed by atoms with Crippen LogP contribution in [-0.4, -0.2) is 33.7 Å². The van der Waals surface area contributed by atoms with E-state index in [1.165, 1.54) is 31.2 Å². The van der Waals surface area contributed by atoms with Gasteiger partial charge in [0.25, 0.3) is 0 Å². The van der Waals surface area contributed by atoms with Gasteiger partial charge in [0, 0.05) is 18.8 Å². The summed E-state index contributed by atoms with van der Waals surface area (Å²) in [5.74, 6) is 6.02. The van der Waals surface area contributed by atoms with Crippen molar-refractivity contribution in [3.8, 4) is 0 Å². The van der Waals surface area contributed by atoms with E-state index in [0.717, 1.165) is 19.5 Å². The number of rotatable bonds is 5. The molecule has 2 atom stereocenters. The molecule has 112 valence electrons. The molecule has 0 aliphatic carbocycles. The average molecular weight is 278 g/mol. The molecule has 0 saturated carbocycles. The number of aliphatic hydroxyl groups excluding tert-OH is 1. The molecule has 1 saturated heterocycles. The van der Waals surface area contributed by atoms with E-state index in [9.17, 15) is 5.11 Å². The van der Waals surface area contributed by atoms with E-state index in [1.54, 1.807) is 0 Å². The van der Waals surface area contributed by atoms with Gasteiger partial charge in [-0.2, -0.15) is 0 Å². The lowest BCUT2D eigenvalue weighted by Crippen LogP contribution is -2.36. The molecular weight excluding hydrogens is 252 g/mol. The van der Waals surface area contributed by atoms with E-state index in [4.69, 9.17) is 5.84 Å². The van der Waals surface area contributed by atoms with Gasteiger partial charge in [-0.05, 0) is 44.4 Å². The molecule has 4 N–H and O–H groups in total. The molecule has 1 aromatic rings. The normalized spacial score (nSPS) is 22.2. The van der Waals surface area contributed by atoms with Crippen LogP contribution in [0.25, 0.3) is 0 Å². The number of aromatic nitrogens is 1. The first-order valence-electron chi connectivity index (χ1n) is 7.52. The first-order chi connectivity index (χ1) is 9.69. The molecule has 5 heteroatoms. The van der Waals surface area contributed by atoms with Gasteiger partial charge in [0.2, 0.25) is 0 Å². The molecule has 0 bridgehead atoms. The molecule has 0 radical (unpaired) electrons. The predicted molar refractivity (Wildman–Crippen MR) is 81.0 cm³/mol. The van der Waals surface area contributed by atoms with Crippen LogP contribution in [0.1, 0.15) is 44.6 Å². The Labute approximate surface area is 121 Å². The van der Waals surface area contributed by atoms with E-state index in [2.05, 4.69) is 21.4 Å². The Morgan fingerprint density at radius 1 is 1.45 bits per heavy atom. The Bertz CT molecular complexity index is 393. The zero-order chi connectivity index (χ0) is 14.4. The lowest BCUT2D eigenvalue weighted by Gasteiger charge is -2.30. The Hall–Kier alpha value is -1.17. The molecule has 1 aliphatic rings. The predicted octanol–water partition coefficient (Wildman–Crippen LogP) is 1.88. The molecule has 1 fully saturated rings. The molecule has 0 aromatic carbocycles. The van der Waals surface area contributed by atoms with Crippen LogP contribution in [0.4, 0.5) is 5.82 Å². The lowest BCUT2D eigenvalue weighted by atomic mass is 10.0. The molecular formula is C15H26N4O. The fourth-order valence-electron chi connectivity index (χ4n) is 2.94. The summed E-state index contributed by atoms with van der Waals surface area (Å²) in [5, 5.41) is 9.69. The number of aliphatic hydroxyl groups is 1. The van der Waals surface area contributed by atoms with E-state index in [1.807, 2.05) is 19.2 Å². The molecule has 20 heavy (non-hydrogen) atoms. The third-order valence-electron chi connectivity index (χ3n) is 3.97. The van der Waals surface area contributed by atoms with E-state index in [-0.39, 0.29) is 6.10 Å². The van der Waals surface area contributed by atoms with Crippen molar-refractivity contribution in [3.05, 3.63) is 23.9 Å². The summed E-state index contributed by atoms with van der Waals surface area (Å²) in [6, 6.07) is 4.44. The van der Waals surface area contributed by atoms with Crippen LogP contribution in [0, 0.1) is 0 Å².